The van der Waals surface area contributed by atoms with Crippen molar-refractivity contribution >= 4 is 54.6 Å². The molecule has 8 nitrogen and oxygen atoms in total. The first-order chi connectivity index (χ1) is 18.7. The van der Waals surface area contributed by atoms with E-state index >= 15 is 0 Å². The van der Waals surface area contributed by atoms with E-state index in [2.05, 4.69) is 14.8 Å². The van der Waals surface area contributed by atoms with Crippen molar-refractivity contribution in [2.24, 2.45) is 0 Å². The van der Waals surface area contributed by atoms with Gasteiger partial charge < -0.3 is 5.32 Å². The van der Waals surface area contributed by atoms with Crippen LogP contribution in [0.2, 0.25) is 5.02 Å². The number of nitrogens with one attached hydrogen (secondary N) is 3. The molecule has 0 fully saturated rings. The predicted octanol–water partition coefficient (Wildman–Crippen LogP) is 6.43. The van der Waals surface area contributed by atoms with E-state index < -0.39 is 26.0 Å². The molecular formula is C29H28ClN3O5S2. The Morgan fingerprint density at radius 2 is 1.18 bits per heavy atom. The topological polar surface area (TPSA) is 121 Å². The number of sulfonamides is 2. The summed E-state index contributed by atoms with van der Waals surface area (Å²) in [5.41, 5.74) is 4.79. The fourth-order valence-electron chi connectivity index (χ4n) is 4.03. The first kappa shape index (κ1) is 29.1. The lowest BCUT2D eigenvalue weighted by atomic mass is 10.1. The summed E-state index contributed by atoms with van der Waals surface area (Å²) >= 11 is 6.20. The Balaban J connectivity index is 1.51. The minimum Gasteiger partial charge on any atom is -0.322 e. The molecule has 0 heterocycles. The highest BCUT2D eigenvalue weighted by atomic mass is 35.5. The van der Waals surface area contributed by atoms with Crippen LogP contribution < -0.4 is 14.8 Å². The van der Waals surface area contributed by atoms with Crippen molar-refractivity contribution in [1.29, 1.82) is 0 Å². The SMILES string of the molecule is Cc1ccc(NS(=O)(=O)c2ccc(NC(=O)c3ccc(Cl)c(S(=O)(=O)Nc4ccc(C)cc4C)c3)cc2)c(C)c1. The number of anilines is 3. The summed E-state index contributed by atoms with van der Waals surface area (Å²) in [6, 6.07) is 20.3. The van der Waals surface area contributed by atoms with Crippen molar-refractivity contribution in [2.75, 3.05) is 14.8 Å². The van der Waals surface area contributed by atoms with Gasteiger partial charge in [-0.15, -0.1) is 0 Å². The van der Waals surface area contributed by atoms with E-state index in [1.165, 1.54) is 42.5 Å². The number of rotatable bonds is 8. The third kappa shape index (κ3) is 6.64. The van der Waals surface area contributed by atoms with Crippen LogP contribution in [-0.4, -0.2) is 22.7 Å². The van der Waals surface area contributed by atoms with Gasteiger partial charge in [-0.25, -0.2) is 16.8 Å². The maximum atomic E-state index is 13.1. The normalized spacial score (nSPS) is 11.6. The Kier molecular flexibility index (Phi) is 8.25. The van der Waals surface area contributed by atoms with Crippen molar-refractivity contribution in [3.8, 4) is 0 Å². The van der Waals surface area contributed by atoms with Gasteiger partial charge in [0.25, 0.3) is 26.0 Å². The van der Waals surface area contributed by atoms with Crippen LogP contribution in [-0.2, 0) is 20.0 Å². The average Bonchev–Trinajstić information content (AvgIpc) is 2.88. The first-order valence-corrected chi connectivity index (χ1v) is 15.5. The van der Waals surface area contributed by atoms with Crippen LogP contribution in [0, 0.1) is 27.7 Å². The standard InChI is InChI=1S/C29H28ClN3O5S2/c1-18-5-13-26(20(3)15-18)32-39(35,36)24-10-8-23(9-11-24)31-29(34)22-7-12-25(30)28(17-22)40(37,38)33-27-14-6-19(2)16-21(27)4/h5-17,32-33H,1-4H3,(H,31,34). The summed E-state index contributed by atoms with van der Waals surface area (Å²) < 4.78 is 57.0. The second-order valence-electron chi connectivity index (χ2n) is 9.47. The highest BCUT2D eigenvalue weighted by Crippen LogP contribution is 2.27. The van der Waals surface area contributed by atoms with Crippen LogP contribution in [0.25, 0.3) is 0 Å². The molecule has 4 aromatic rings. The van der Waals surface area contributed by atoms with Crippen LogP contribution >= 0.6 is 11.6 Å². The largest absolute Gasteiger partial charge is 0.322 e. The maximum Gasteiger partial charge on any atom is 0.263 e. The van der Waals surface area contributed by atoms with Crippen molar-refractivity contribution in [3.63, 3.8) is 0 Å². The van der Waals surface area contributed by atoms with Gasteiger partial charge in [0.15, 0.2) is 0 Å². The van der Waals surface area contributed by atoms with Gasteiger partial charge in [0.2, 0.25) is 0 Å². The lowest BCUT2D eigenvalue weighted by molar-refractivity contribution is 0.102. The van der Waals surface area contributed by atoms with Crippen LogP contribution in [0.5, 0.6) is 0 Å². The number of carbonyl (C=O) groups is 1. The van der Waals surface area contributed by atoms with Gasteiger partial charge in [-0.1, -0.05) is 47.0 Å². The summed E-state index contributed by atoms with van der Waals surface area (Å²) in [4.78, 5) is 12.7. The lowest BCUT2D eigenvalue weighted by Gasteiger charge is -2.14. The van der Waals surface area contributed by atoms with Crippen molar-refractivity contribution in [3.05, 3.63) is 112 Å². The summed E-state index contributed by atoms with van der Waals surface area (Å²) in [6.45, 7) is 7.42. The van der Waals surface area contributed by atoms with Crippen LogP contribution in [0.15, 0.2) is 88.7 Å². The Hall–Kier alpha value is -3.86. The predicted molar refractivity (Wildman–Crippen MR) is 159 cm³/mol. The molecule has 0 aliphatic carbocycles. The van der Waals surface area contributed by atoms with E-state index in [0.29, 0.717) is 17.1 Å². The molecule has 11 heteroatoms. The van der Waals surface area contributed by atoms with E-state index in [0.717, 1.165) is 22.3 Å². The Morgan fingerprint density at radius 3 is 1.70 bits per heavy atom. The minimum absolute atomic E-state index is 0.0165. The molecule has 4 rings (SSSR count). The molecule has 0 unspecified atom stereocenters. The highest BCUT2D eigenvalue weighted by molar-refractivity contribution is 7.93. The molecule has 0 atom stereocenters. The number of hydrogen-bond donors (Lipinski definition) is 3. The van der Waals surface area contributed by atoms with Gasteiger partial charge in [0.05, 0.1) is 21.3 Å². The van der Waals surface area contributed by atoms with E-state index in [1.807, 2.05) is 39.0 Å². The lowest BCUT2D eigenvalue weighted by Crippen LogP contribution is -2.17. The van der Waals surface area contributed by atoms with Crippen molar-refractivity contribution < 1.29 is 21.6 Å². The number of carbonyl (C=O) groups excluding carboxylic acids is 1. The number of amides is 1. The zero-order valence-electron chi connectivity index (χ0n) is 22.2. The number of halogens is 1. The average molecular weight is 598 g/mol. The van der Waals surface area contributed by atoms with Gasteiger partial charge in [-0.3, -0.25) is 14.2 Å². The summed E-state index contributed by atoms with van der Waals surface area (Å²) in [7, 11) is -7.95. The fraction of sp³-hybridized carbons (Fsp3) is 0.138. The number of aryl methyl sites for hydroxylation is 4. The summed E-state index contributed by atoms with van der Waals surface area (Å²) in [5.74, 6) is -0.594. The van der Waals surface area contributed by atoms with Crippen LogP contribution in [0.3, 0.4) is 0 Å². The maximum absolute atomic E-state index is 13.1. The summed E-state index contributed by atoms with van der Waals surface area (Å²) in [6.07, 6.45) is 0. The third-order valence-corrected chi connectivity index (χ3v) is 9.39. The van der Waals surface area contributed by atoms with E-state index in [9.17, 15) is 21.6 Å². The highest BCUT2D eigenvalue weighted by Gasteiger charge is 2.22. The summed E-state index contributed by atoms with van der Waals surface area (Å²) in [5, 5.41) is 2.61. The molecule has 4 aromatic carbocycles. The van der Waals surface area contributed by atoms with Gasteiger partial charge in [-0.2, -0.15) is 0 Å². The molecule has 0 saturated carbocycles. The Morgan fingerprint density at radius 1 is 0.650 bits per heavy atom. The molecular weight excluding hydrogens is 570 g/mol. The molecule has 0 radical (unpaired) electrons. The molecule has 0 saturated heterocycles. The monoisotopic (exact) mass is 597 g/mol. The second-order valence-corrected chi connectivity index (χ2v) is 13.2. The molecule has 3 N–H and O–H groups in total. The zero-order chi connectivity index (χ0) is 29.2. The minimum atomic E-state index is -4.10. The van der Waals surface area contributed by atoms with E-state index in [1.54, 1.807) is 25.1 Å². The molecule has 0 bridgehead atoms. The van der Waals surface area contributed by atoms with E-state index in [4.69, 9.17) is 11.6 Å². The van der Waals surface area contributed by atoms with Gasteiger partial charge in [0, 0.05) is 11.3 Å². The van der Waals surface area contributed by atoms with Crippen LogP contribution in [0.4, 0.5) is 17.1 Å². The Bertz CT molecular complexity index is 1820. The van der Waals surface area contributed by atoms with Gasteiger partial charge in [0.1, 0.15) is 4.90 Å². The van der Waals surface area contributed by atoms with Gasteiger partial charge in [-0.05, 0) is 93.4 Å². The van der Waals surface area contributed by atoms with E-state index in [-0.39, 0.29) is 20.4 Å². The van der Waals surface area contributed by atoms with Crippen molar-refractivity contribution in [2.45, 2.75) is 37.5 Å². The number of hydrogen-bond acceptors (Lipinski definition) is 5. The molecule has 0 aromatic heterocycles. The smallest absolute Gasteiger partial charge is 0.263 e. The molecule has 208 valence electrons. The third-order valence-electron chi connectivity index (χ3n) is 6.16. The molecule has 0 aliphatic heterocycles. The molecule has 1 amide bonds. The fourth-order valence-corrected chi connectivity index (χ4v) is 6.82. The first-order valence-electron chi connectivity index (χ1n) is 12.2. The number of benzene rings is 4. The van der Waals surface area contributed by atoms with Crippen molar-refractivity contribution in [1.82, 2.24) is 0 Å². The Labute approximate surface area is 239 Å². The van der Waals surface area contributed by atoms with Gasteiger partial charge >= 0.3 is 0 Å². The quantitative estimate of drug-likeness (QED) is 0.216. The molecule has 40 heavy (non-hydrogen) atoms. The molecule has 0 spiro atoms. The molecule has 0 aliphatic rings. The zero-order valence-corrected chi connectivity index (χ0v) is 24.6. The van der Waals surface area contributed by atoms with Crippen LogP contribution in [0.1, 0.15) is 32.6 Å². The second kappa shape index (κ2) is 11.3.